The number of aliphatic carboxylic acids is 2. The molecule has 0 aromatic carbocycles. The van der Waals surface area contributed by atoms with E-state index in [9.17, 15) is 9.59 Å². The summed E-state index contributed by atoms with van der Waals surface area (Å²) in [6.45, 7) is -2.95. The average Bonchev–Trinajstić information content (AvgIpc) is 1.98. The summed E-state index contributed by atoms with van der Waals surface area (Å²) in [5.41, 5.74) is 5.00. The lowest BCUT2D eigenvalue weighted by atomic mass is 10.0. The summed E-state index contributed by atoms with van der Waals surface area (Å²) in [5.74, 6) is -5.47. The van der Waals surface area contributed by atoms with Crippen LogP contribution in [0, 0.1) is 5.92 Å². The van der Waals surface area contributed by atoms with Crippen LogP contribution in [0.15, 0.2) is 0 Å². The zero-order valence-corrected chi connectivity index (χ0v) is 5.52. The Hall–Kier alpha value is -1.10. The van der Waals surface area contributed by atoms with Crippen molar-refractivity contribution in [2.45, 2.75) is 19.3 Å². The maximum absolute atomic E-state index is 10.6. The van der Waals surface area contributed by atoms with Crippen molar-refractivity contribution in [1.29, 1.82) is 0 Å². The van der Waals surface area contributed by atoms with Gasteiger partial charge < -0.3 is 15.9 Å². The average molecular weight is 165 g/mol. The van der Waals surface area contributed by atoms with Crippen molar-refractivity contribution < 1.29 is 25.3 Å². The molecule has 0 saturated heterocycles. The molecule has 0 rings (SSSR count). The van der Waals surface area contributed by atoms with Crippen molar-refractivity contribution in [2.75, 3.05) is 0 Å². The molecule has 0 heterocycles. The second kappa shape index (κ2) is 3.92. The van der Waals surface area contributed by atoms with E-state index in [1.54, 1.807) is 0 Å². The van der Waals surface area contributed by atoms with E-state index >= 15 is 0 Å². The largest absolute Gasteiger partial charge is 0.481 e. The normalized spacial score (nSPS) is 24.8. The Morgan fingerprint density at radius 2 is 2.18 bits per heavy atom. The highest BCUT2D eigenvalue weighted by molar-refractivity contribution is 5.75. The fourth-order valence-corrected chi connectivity index (χ4v) is 0.372. The lowest BCUT2D eigenvalue weighted by molar-refractivity contribution is -0.143. The first-order chi connectivity index (χ1) is 6.59. The smallest absolute Gasteiger partial charge is 0.320 e. The van der Waals surface area contributed by atoms with Crippen LogP contribution in [-0.4, -0.2) is 28.2 Å². The summed E-state index contributed by atoms with van der Waals surface area (Å²) >= 11 is 0. The number of hydrogen-bond donors (Lipinski definition) is 3. The van der Waals surface area contributed by atoms with Gasteiger partial charge in [0.05, 0.1) is 5.92 Å². The molecule has 64 valence electrons. The molecule has 0 bridgehead atoms. The number of hydrogen-bond acceptors (Lipinski definition) is 3. The Bertz CT molecular complexity index is 266. The van der Waals surface area contributed by atoms with Crippen LogP contribution in [0.3, 0.4) is 0 Å². The molecular weight excluding hydrogens is 150 g/mol. The van der Waals surface area contributed by atoms with Crippen LogP contribution in [0.4, 0.5) is 0 Å². The number of carboxylic acids is 2. The summed E-state index contributed by atoms with van der Waals surface area (Å²) in [4.78, 5) is 21.0. The Balaban J connectivity index is 4.95. The highest BCUT2D eigenvalue weighted by atomic mass is 16.4. The van der Waals surface area contributed by atoms with Gasteiger partial charge in [0.25, 0.3) is 0 Å². The standard InChI is InChI=1S/C6H11NO4/c1-3(5(8)9)2-4(7)6(10)11/h3-4H,2,7H2,1H3,(H,8,9)(H,10,11)/t3-,4-/m0/s1/i1+0D3,2D/t2-,3-,4-. The molecule has 11 heavy (non-hydrogen) atoms. The minimum Gasteiger partial charge on any atom is -0.481 e. The quantitative estimate of drug-likeness (QED) is 0.521. The van der Waals surface area contributed by atoms with Gasteiger partial charge in [-0.25, -0.2) is 0 Å². The van der Waals surface area contributed by atoms with Crippen LogP contribution >= 0.6 is 0 Å². The molecule has 0 spiro atoms. The highest BCUT2D eigenvalue weighted by Gasteiger charge is 2.19. The molecule has 0 aliphatic carbocycles. The summed E-state index contributed by atoms with van der Waals surface area (Å²) in [6, 6.07) is -1.84. The van der Waals surface area contributed by atoms with Crippen molar-refractivity contribution in [2.24, 2.45) is 11.7 Å². The summed E-state index contributed by atoms with van der Waals surface area (Å²) in [7, 11) is 0. The molecule has 0 aromatic heterocycles. The molecule has 0 aromatic rings. The van der Waals surface area contributed by atoms with E-state index in [2.05, 4.69) is 0 Å². The van der Waals surface area contributed by atoms with Gasteiger partial charge in [-0.15, -0.1) is 0 Å². The van der Waals surface area contributed by atoms with Gasteiger partial charge in [0.1, 0.15) is 6.04 Å². The van der Waals surface area contributed by atoms with Crippen molar-refractivity contribution in [3.63, 3.8) is 0 Å². The van der Waals surface area contributed by atoms with E-state index in [0.717, 1.165) is 0 Å². The lowest BCUT2D eigenvalue weighted by Gasteiger charge is -2.08. The second-order valence-corrected chi connectivity index (χ2v) is 1.87. The first-order valence-corrected chi connectivity index (χ1v) is 2.72. The van der Waals surface area contributed by atoms with E-state index in [0.29, 0.717) is 0 Å². The van der Waals surface area contributed by atoms with Crippen molar-refractivity contribution in [3.8, 4) is 0 Å². The van der Waals surface area contributed by atoms with E-state index in [-0.39, 0.29) is 0 Å². The Labute approximate surface area is 69.4 Å². The van der Waals surface area contributed by atoms with Crippen LogP contribution < -0.4 is 5.73 Å². The van der Waals surface area contributed by atoms with E-state index in [1.807, 2.05) is 0 Å². The number of carboxylic acid groups (broad SMARTS) is 2. The van der Waals surface area contributed by atoms with Gasteiger partial charge in [0, 0.05) is 5.48 Å². The first kappa shape index (κ1) is 4.71. The lowest BCUT2D eigenvalue weighted by Crippen LogP contribution is -2.33. The van der Waals surface area contributed by atoms with Gasteiger partial charge in [0.2, 0.25) is 0 Å². The van der Waals surface area contributed by atoms with E-state index in [1.165, 1.54) is 0 Å². The van der Waals surface area contributed by atoms with Crippen molar-refractivity contribution in [1.82, 2.24) is 0 Å². The van der Waals surface area contributed by atoms with Crippen LogP contribution in [0.1, 0.15) is 18.7 Å². The maximum Gasteiger partial charge on any atom is 0.320 e. The topological polar surface area (TPSA) is 101 Å². The molecule has 0 saturated carbocycles. The summed E-state index contributed by atoms with van der Waals surface area (Å²) in [5, 5.41) is 17.0. The predicted octanol–water partition coefficient (Wildman–Crippen LogP) is -0.491. The zero-order valence-electron chi connectivity index (χ0n) is 9.52. The molecule has 3 atom stereocenters. The van der Waals surface area contributed by atoms with Crippen molar-refractivity contribution in [3.05, 3.63) is 0 Å². The number of carbonyl (C=O) groups is 2. The minimum absolute atomic E-state index is 1.61. The Morgan fingerprint density at radius 3 is 2.45 bits per heavy atom. The highest BCUT2D eigenvalue weighted by Crippen LogP contribution is 2.04. The third-order valence-electron chi connectivity index (χ3n) is 0.951. The van der Waals surface area contributed by atoms with Crippen molar-refractivity contribution >= 4 is 11.9 Å². The Morgan fingerprint density at radius 1 is 1.64 bits per heavy atom. The van der Waals surface area contributed by atoms with Gasteiger partial charge in [-0.05, 0) is 6.40 Å². The minimum atomic E-state index is -2.95. The van der Waals surface area contributed by atoms with E-state index in [4.69, 9.17) is 21.4 Å². The maximum atomic E-state index is 10.6. The fourth-order valence-electron chi connectivity index (χ4n) is 0.372. The molecule has 0 aliphatic rings. The van der Waals surface area contributed by atoms with Gasteiger partial charge in [-0.2, -0.15) is 0 Å². The monoisotopic (exact) mass is 165 g/mol. The predicted molar refractivity (Wildman–Crippen MR) is 37.0 cm³/mol. The van der Waals surface area contributed by atoms with Crippen LogP contribution in [0.5, 0.6) is 0 Å². The fraction of sp³-hybridized carbons (Fsp3) is 0.667. The second-order valence-electron chi connectivity index (χ2n) is 1.87. The van der Waals surface area contributed by atoms with Gasteiger partial charge in [-0.3, -0.25) is 9.59 Å². The molecular formula is C6H11NO4. The SMILES string of the molecule is [2H][C@H]([C@H](N)C(=O)O)[C@@H](C(=O)O)[12C]([2H])([2H])[2H]. The number of nitrogens with two attached hydrogens (primary N) is 1. The molecule has 5 heteroatoms. The van der Waals surface area contributed by atoms with Gasteiger partial charge >= 0.3 is 11.9 Å². The first-order valence-electron chi connectivity index (χ1n) is 4.80. The van der Waals surface area contributed by atoms with Crippen LogP contribution in [-0.2, 0) is 9.59 Å². The third kappa shape index (κ3) is 3.57. The van der Waals surface area contributed by atoms with E-state index < -0.39 is 37.1 Å². The zero-order chi connectivity index (χ0) is 12.4. The third-order valence-corrected chi connectivity index (χ3v) is 0.951. The summed E-state index contributed by atoms with van der Waals surface area (Å²) in [6.07, 6.45) is -1.92. The molecule has 0 radical (unpaired) electrons. The summed E-state index contributed by atoms with van der Waals surface area (Å²) < 4.78 is 27.8. The molecule has 4 N–H and O–H groups in total. The Kier molecular flexibility index (Phi) is 1.68. The van der Waals surface area contributed by atoms with Gasteiger partial charge in [-0.1, -0.05) is 6.85 Å². The molecule has 0 fully saturated rings. The van der Waals surface area contributed by atoms with Crippen LogP contribution in [0.2, 0.25) is 0 Å². The molecule has 0 amide bonds. The van der Waals surface area contributed by atoms with Gasteiger partial charge in [0.15, 0.2) is 0 Å². The van der Waals surface area contributed by atoms with Crippen LogP contribution in [0.25, 0.3) is 0 Å². The molecule has 0 unspecified atom stereocenters. The molecule has 5 nitrogen and oxygen atoms in total. The molecule has 0 aliphatic heterocycles. The number of rotatable bonds is 4.